The van der Waals surface area contributed by atoms with Gasteiger partial charge in [-0.2, -0.15) is 9.97 Å². The largest absolute Gasteiger partial charge is 0.309 e. The number of nitrogens with zero attached hydrogens (tertiary/aromatic N) is 4. The number of hydrogen-bond acceptors (Lipinski definition) is 3. The minimum absolute atomic E-state index is 0.178. The van der Waals surface area contributed by atoms with E-state index in [1.807, 2.05) is 42.5 Å². The molecule has 32 heavy (non-hydrogen) atoms. The number of halogens is 1. The molecule has 6 aromatic rings. The third kappa shape index (κ3) is 3.13. The molecule has 0 fully saturated rings. The van der Waals surface area contributed by atoms with Crippen LogP contribution in [0.4, 0.5) is 0 Å². The van der Waals surface area contributed by atoms with E-state index in [2.05, 4.69) is 75.2 Å². The second-order valence-electron chi connectivity index (χ2n) is 7.54. The standard InChI is InChI=1S/C27H17ClN4/c28-27-30-25(18-9-3-1-4-10-18)29-26(31-27)19-15-16-22-21-13-7-8-14-23(21)32(24(22)17-19)20-11-5-2-6-12-20/h1-17H. The van der Waals surface area contributed by atoms with Gasteiger partial charge in [-0.1, -0.05) is 78.9 Å². The van der Waals surface area contributed by atoms with Crippen molar-refractivity contribution in [3.05, 3.63) is 108 Å². The fourth-order valence-corrected chi connectivity index (χ4v) is 4.32. The first-order valence-electron chi connectivity index (χ1n) is 10.3. The van der Waals surface area contributed by atoms with Gasteiger partial charge in [0.1, 0.15) is 0 Å². The first kappa shape index (κ1) is 18.7. The zero-order chi connectivity index (χ0) is 21.5. The number of rotatable bonds is 3. The van der Waals surface area contributed by atoms with E-state index in [9.17, 15) is 0 Å². The Bertz CT molecular complexity index is 1570. The van der Waals surface area contributed by atoms with Crippen LogP contribution in [0.15, 0.2) is 103 Å². The van der Waals surface area contributed by atoms with Crippen LogP contribution >= 0.6 is 11.6 Å². The summed E-state index contributed by atoms with van der Waals surface area (Å²) < 4.78 is 2.27. The molecule has 0 saturated heterocycles. The number of fused-ring (bicyclic) bond motifs is 3. The summed E-state index contributed by atoms with van der Waals surface area (Å²) in [6, 6.07) is 34.9. The predicted octanol–water partition coefficient (Wildman–Crippen LogP) is 6.96. The highest BCUT2D eigenvalue weighted by Crippen LogP contribution is 2.34. The van der Waals surface area contributed by atoms with Gasteiger partial charge in [0.05, 0.1) is 11.0 Å². The van der Waals surface area contributed by atoms with Crippen molar-refractivity contribution in [3.63, 3.8) is 0 Å². The monoisotopic (exact) mass is 432 g/mol. The van der Waals surface area contributed by atoms with Crippen LogP contribution in [0, 0.1) is 0 Å². The van der Waals surface area contributed by atoms with Crippen LogP contribution in [0.2, 0.25) is 5.28 Å². The molecule has 0 unspecified atom stereocenters. The minimum atomic E-state index is 0.178. The van der Waals surface area contributed by atoms with Crippen LogP contribution < -0.4 is 0 Å². The maximum atomic E-state index is 6.29. The van der Waals surface area contributed by atoms with Crippen LogP contribution in [-0.2, 0) is 0 Å². The van der Waals surface area contributed by atoms with Crippen LogP contribution in [0.3, 0.4) is 0 Å². The normalized spacial score (nSPS) is 11.3. The Morgan fingerprint density at radius 1 is 0.531 bits per heavy atom. The minimum Gasteiger partial charge on any atom is -0.309 e. The van der Waals surface area contributed by atoms with E-state index in [0.717, 1.165) is 27.8 Å². The molecule has 6 rings (SSSR count). The highest BCUT2D eigenvalue weighted by atomic mass is 35.5. The maximum Gasteiger partial charge on any atom is 0.226 e. The summed E-state index contributed by atoms with van der Waals surface area (Å²) in [5, 5.41) is 2.56. The summed E-state index contributed by atoms with van der Waals surface area (Å²) in [6.45, 7) is 0. The maximum absolute atomic E-state index is 6.29. The van der Waals surface area contributed by atoms with Crippen LogP contribution in [0.5, 0.6) is 0 Å². The summed E-state index contributed by atoms with van der Waals surface area (Å²) in [6.07, 6.45) is 0. The van der Waals surface area contributed by atoms with Crippen molar-refractivity contribution in [3.8, 4) is 28.5 Å². The molecule has 0 aliphatic rings. The summed E-state index contributed by atoms with van der Waals surface area (Å²) in [4.78, 5) is 13.5. The number of aromatic nitrogens is 4. The highest BCUT2D eigenvalue weighted by Gasteiger charge is 2.15. The molecule has 2 heterocycles. The van der Waals surface area contributed by atoms with Gasteiger partial charge in [-0.25, -0.2) is 4.98 Å². The highest BCUT2D eigenvalue weighted by molar-refractivity contribution is 6.28. The van der Waals surface area contributed by atoms with Crippen molar-refractivity contribution in [1.29, 1.82) is 0 Å². The second-order valence-corrected chi connectivity index (χ2v) is 7.88. The molecular weight excluding hydrogens is 416 g/mol. The number of para-hydroxylation sites is 2. The van der Waals surface area contributed by atoms with Crippen molar-refractivity contribution < 1.29 is 0 Å². The van der Waals surface area contributed by atoms with Gasteiger partial charge in [0.25, 0.3) is 0 Å². The van der Waals surface area contributed by atoms with Crippen molar-refractivity contribution in [2.75, 3.05) is 0 Å². The van der Waals surface area contributed by atoms with Crippen LogP contribution in [0.1, 0.15) is 0 Å². The summed E-state index contributed by atoms with van der Waals surface area (Å²) in [7, 11) is 0. The molecule has 0 radical (unpaired) electrons. The lowest BCUT2D eigenvalue weighted by Crippen LogP contribution is -1.98. The number of hydrogen-bond donors (Lipinski definition) is 0. The average molecular weight is 433 g/mol. The Kier molecular flexibility index (Phi) is 4.44. The molecule has 0 amide bonds. The van der Waals surface area contributed by atoms with Gasteiger partial charge in [-0.15, -0.1) is 0 Å². The lowest BCUT2D eigenvalue weighted by molar-refractivity contribution is 1.07. The molecule has 0 saturated carbocycles. The zero-order valence-corrected chi connectivity index (χ0v) is 17.7. The zero-order valence-electron chi connectivity index (χ0n) is 17.0. The van der Waals surface area contributed by atoms with Crippen molar-refractivity contribution in [1.82, 2.24) is 19.5 Å². The van der Waals surface area contributed by atoms with Crippen molar-refractivity contribution in [2.45, 2.75) is 0 Å². The molecule has 0 bridgehead atoms. The summed E-state index contributed by atoms with van der Waals surface area (Å²) in [5.74, 6) is 1.11. The summed E-state index contributed by atoms with van der Waals surface area (Å²) in [5.41, 5.74) is 5.14. The van der Waals surface area contributed by atoms with Crippen molar-refractivity contribution in [2.24, 2.45) is 0 Å². The first-order valence-corrected chi connectivity index (χ1v) is 10.7. The van der Waals surface area contributed by atoms with Gasteiger partial charge in [-0.05, 0) is 35.9 Å². The molecule has 0 atom stereocenters. The van der Waals surface area contributed by atoms with Gasteiger partial charge < -0.3 is 4.57 Å². The first-order chi connectivity index (χ1) is 15.8. The molecule has 0 aliphatic carbocycles. The number of benzene rings is 4. The molecule has 5 heteroatoms. The topological polar surface area (TPSA) is 43.6 Å². The molecule has 0 aliphatic heterocycles. The van der Waals surface area contributed by atoms with E-state index in [1.54, 1.807) is 0 Å². The predicted molar refractivity (Wildman–Crippen MR) is 130 cm³/mol. The molecule has 0 N–H and O–H groups in total. The molecule has 2 aromatic heterocycles. The Labute approximate surface area is 189 Å². The third-order valence-corrected chi connectivity index (χ3v) is 5.76. The Morgan fingerprint density at radius 2 is 1.16 bits per heavy atom. The molecule has 152 valence electrons. The fraction of sp³-hybridized carbons (Fsp3) is 0. The third-order valence-electron chi connectivity index (χ3n) is 5.59. The quantitative estimate of drug-likeness (QED) is 0.303. The van der Waals surface area contributed by atoms with E-state index < -0.39 is 0 Å². The van der Waals surface area contributed by atoms with E-state index >= 15 is 0 Å². The second kappa shape index (κ2) is 7.59. The van der Waals surface area contributed by atoms with E-state index in [0.29, 0.717) is 11.6 Å². The van der Waals surface area contributed by atoms with Gasteiger partial charge >= 0.3 is 0 Å². The Balaban J connectivity index is 1.60. The lowest BCUT2D eigenvalue weighted by Gasteiger charge is -2.09. The smallest absolute Gasteiger partial charge is 0.226 e. The SMILES string of the molecule is Clc1nc(-c2ccccc2)nc(-c2ccc3c4ccccc4n(-c4ccccc4)c3c2)n1. The van der Waals surface area contributed by atoms with Gasteiger partial charge in [0.2, 0.25) is 5.28 Å². The average Bonchev–Trinajstić information content (AvgIpc) is 3.18. The van der Waals surface area contributed by atoms with E-state index in [-0.39, 0.29) is 5.28 Å². The lowest BCUT2D eigenvalue weighted by atomic mass is 10.1. The Morgan fingerprint density at radius 3 is 1.94 bits per heavy atom. The van der Waals surface area contributed by atoms with Crippen LogP contribution in [-0.4, -0.2) is 19.5 Å². The van der Waals surface area contributed by atoms with Gasteiger partial charge in [0, 0.05) is 27.6 Å². The summed E-state index contributed by atoms with van der Waals surface area (Å²) >= 11 is 6.29. The van der Waals surface area contributed by atoms with Crippen molar-refractivity contribution >= 4 is 33.4 Å². The van der Waals surface area contributed by atoms with E-state index in [1.165, 1.54) is 10.8 Å². The molecule has 0 spiro atoms. The molecule has 4 aromatic carbocycles. The van der Waals surface area contributed by atoms with E-state index in [4.69, 9.17) is 16.6 Å². The molecular formula is C27H17ClN4. The van der Waals surface area contributed by atoms with Gasteiger partial charge in [-0.3, -0.25) is 0 Å². The Hall–Kier alpha value is -4.02. The fourth-order valence-electron chi connectivity index (χ4n) is 4.16. The molecule has 4 nitrogen and oxygen atoms in total. The van der Waals surface area contributed by atoms with Gasteiger partial charge in [0.15, 0.2) is 11.6 Å². The van der Waals surface area contributed by atoms with Crippen LogP contribution in [0.25, 0.3) is 50.3 Å².